The Kier molecular flexibility index (Phi) is 5.17. The lowest BCUT2D eigenvalue weighted by Gasteiger charge is -2.17. The van der Waals surface area contributed by atoms with Gasteiger partial charge in [-0.05, 0) is 66.7 Å². The Hall–Kier alpha value is -6.45. The SMILES string of the molecule is N#Cc1ccc(N2C(=O)c3ccccc3C2=O)cc1-n1c2ccccc2c2c3c4ccccc4n(-c4ccccc4)c3ccc21. The number of nitrogens with zero attached hydrogens (tertiary/aromatic N) is 4. The van der Waals surface area contributed by atoms with Crippen molar-refractivity contribution in [1.82, 2.24) is 9.13 Å². The maximum atomic E-state index is 13.4. The van der Waals surface area contributed by atoms with Crippen LogP contribution in [0.3, 0.4) is 0 Å². The molecule has 3 heterocycles. The fourth-order valence-electron chi connectivity index (χ4n) is 7.00. The summed E-state index contributed by atoms with van der Waals surface area (Å²) in [6.45, 7) is 0. The quantitative estimate of drug-likeness (QED) is 0.197. The van der Waals surface area contributed by atoms with E-state index in [0.29, 0.717) is 28.1 Å². The maximum absolute atomic E-state index is 13.4. The van der Waals surface area contributed by atoms with Gasteiger partial charge in [0.05, 0.1) is 50.1 Å². The molecule has 0 unspecified atom stereocenters. The van der Waals surface area contributed by atoms with E-state index in [4.69, 9.17) is 0 Å². The van der Waals surface area contributed by atoms with Crippen LogP contribution in [0.5, 0.6) is 0 Å². The molecule has 45 heavy (non-hydrogen) atoms. The fourth-order valence-corrected chi connectivity index (χ4v) is 7.00. The second-order valence-corrected chi connectivity index (χ2v) is 11.2. The first kappa shape index (κ1) is 25.1. The van der Waals surface area contributed by atoms with E-state index in [0.717, 1.165) is 49.3 Å². The topological polar surface area (TPSA) is 71.0 Å². The fraction of sp³-hybridized carbons (Fsp3) is 0. The first-order valence-corrected chi connectivity index (χ1v) is 14.7. The van der Waals surface area contributed by atoms with Crippen molar-refractivity contribution in [2.75, 3.05) is 4.90 Å². The minimum absolute atomic E-state index is 0.371. The summed E-state index contributed by atoms with van der Waals surface area (Å²) < 4.78 is 4.37. The van der Waals surface area contributed by atoms with Gasteiger partial charge in [-0.2, -0.15) is 5.26 Å². The van der Waals surface area contributed by atoms with Crippen LogP contribution < -0.4 is 4.90 Å². The number of para-hydroxylation sites is 3. The molecule has 0 saturated heterocycles. The highest BCUT2D eigenvalue weighted by Gasteiger charge is 2.36. The molecule has 2 aromatic heterocycles. The molecule has 0 fully saturated rings. The minimum atomic E-state index is -0.371. The molecule has 6 nitrogen and oxygen atoms in total. The van der Waals surface area contributed by atoms with Gasteiger partial charge in [0.25, 0.3) is 11.8 Å². The molecule has 6 aromatic carbocycles. The number of aromatic nitrogens is 2. The van der Waals surface area contributed by atoms with Gasteiger partial charge in [-0.15, -0.1) is 0 Å². The summed E-state index contributed by atoms with van der Waals surface area (Å²) in [4.78, 5) is 28.0. The van der Waals surface area contributed by atoms with Gasteiger partial charge >= 0.3 is 0 Å². The van der Waals surface area contributed by atoms with Crippen LogP contribution in [0.1, 0.15) is 26.3 Å². The van der Waals surface area contributed by atoms with E-state index in [2.05, 4.69) is 69.8 Å². The van der Waals surface area contributed by atoms with E-state index in [1.54, 1.807) is 42.5 Å². The van der Waals surface area contributed by atoms with E-state index in [1.165, 1.54) is 4.90 Å². The second kappa shape index (κ2) is 9.27. The van der Waals surface area contributed by atoms with E-state index in [-0.39, 0.29) is 11.8 Å². The van der Waals surface area contributed by atoms with Crippen LogP contribution in [0, 0.1) is 11.3 Å². The van der Waals surface area contributed by atoms with Gasteiger partial charge in [0.2, 0.25) is 0 Å². The van der Waals surface area contributed by atoms with E-state index >= 15 is 0 Å². The molecule has 2 amide bonds. The standard InChI is InChI=1S/C39H22N4O2/c40-23-24-18-19-26(42-38(44)27-12-4-5-13-28(27)39(42)45)22-35(24)43-32-17-9-7-15-30(32)37-34(43)21-20-33-36(37)29-14-6-8-16-31(29)41(33)25-10-2-1-3-11-25/h1-22H. The number of benzene rings is 6. The first-order chi connectivity index (χ1) is 22.2. The van der Waals surface area contributed by atoms with Gasteiger partial charge in [0, 0.05) is 27.2 Å². The van der Waals surface area contributed by atoms with Crippen LogP contribution >= 0.6 is 0 Å². The summed E-state index contributed by atoms with van der Waals surface area (Å²) in [5.41, 5.74) is 7.32. The highest BCUT2D eigenvalue weighted by molar-refractivity contribution is 6.34. The summed E-state index contributed by atoms with van der Waals surface area (Å²) in [7, 11) is 0. The van der Waals surface area contributed by atoms with E-state index < -0.39 is 0 Å². The maximum Gasteiger partial charge on any atom is 0.266 e. The lowest BCUT2D eigenvalue weighted by molar-refractivity contribution is 0.0926. The predicted molar refractivity (Wildman–Crippen MR) is 177 cm³/mol. The third-order valence-corrected chi connectivity index (χ3v) is 8.88. The van der Waals surface area contributed by atoms with Gasteiger partial charge < -0.3 is 9.13 Å². The van der Waals surface area contributed by atoms with Crippen molar-refractivity contribution in [3.63, 3.8) is 0 Å². The summed E-state index contributed by atoms with van der Waals surface area (Å²) in [6.07, 6.45) is 0. The third kappa shape index (κ3) is 3.38. The monoisotopic (exact) mass is 578 g/mol. The summed E-state index contributed by atoms with van der Waals surface area (Å²) >= 11 is 0. The average Bonchev–Trinajstić information content (AvgIpc) is 3.70. The summed E-state index contributed by atoms with van der Waals surface area (Å²) in [5, 5.41) is 14.7. The second-order valence-electron chi connectivity index (χ2n) is 11.2. The van der Waals surface area contributed by atoms with Gasteiger partial charge in [-0.3, -0.25) is 9.59 Å². The first-order valence-electron chi connectivity index (χ1n) is 14.7. The zero-order chi connectivity index (χ0) is 30.2. The van der Waals surface area contributed by atoms with Crippen molar-refractivity contribution in [2.24, 2.45) is 0 Å². The van der Waals surface area contributed by atoms with Gasteiger partial charge in [-0.25, -0.2) is 4.90 Å². The van der Waals surface area contributed by atoms with Crippen LogP contribution in [-0.4, -0.2) is 20.9 Å². The van der Waals surface area contributed by atoms with Crippen LogP contribution in [0.25, 0.3) is 55.0 Å². The van der Waals surface area contributed by atoms with Gasteiger partial charge in [0.1, 0.15) is 6.07 Å². The Balaban J connectivity index is 1.36. The Bertz CT molecular complexity index is 2570. The number of carbonyl (C=O) groups excluding carboxylic acids is 2. The highest BCUT2D eigenvalue weighted by Crippen LogP contribution is 2.43. The zero-order valence-corrected chi connectivity index (χ0v) is 23.8. The van der Waals surface area contributed by atoms with Crippen LogP contribution in [0.2, 0.25) is 0 Å². The molecule has 1 aliphatic heterocycles. The molecular formula is C39H22N4O2. The van der Waals surface area contributed by atoms with Crippen LogP contribution in [0.15, 0.2) is 133 Å². The number of rotatable bonds is 3. The van der Waals surface area contributed by atoms with Crippen molar-refractivity contribution in [3.8, 4) is 17.4 Å². The third-order valence-electron chi connectivity index (χ3n) is 8.88. The Labute approximate surface area is 257 Å². The Morgan fingerprint density at radius 2 is 1.02 bits per heavy atom. The minimum Gasteiger partial charge on any atom is -0.309 e. The van der Waals surface area contributed by atoms with Crippen LogP contribution in [0.4, 0.5) is 5.69 Å². The molecule has 8 aromatic rings. The molecule has 0 N–H and O–H groups in total. The molecule has 6 heteroatoms. The lowest BCUT2D eigenvalue weighted by atomic mass is 10.1. The molecule has 210 valence electrons. The smallest absolute Gasteiger partial charge is 0.266 e. The zero-order valence-electron chi connectivity index (χ0n) is 23.8. The number of carbonyl (C=O) groups is 2. The molecule has 0 atom stereocenters. The molecule has 1 aliphatic rings. The molecule has 0 saturated carbocycles. The number of hydrogen-bond donors (Lipinski definition) is 0. The predicted octanol–water partition coefficient (Wildman–Crippen LogP) is 8.55. The molecular weight excluding hydrogens is 556 g/mol. The van der Waals surface area contributed by atoms with E-state index in [1.807, 2.05) is 36.4 Å². The molecule has 0 bridgehead atoms. The van der Waals surface area contributed by atoms with Crippen molar-refractivity contribution in [1.29, 1.82) is 5.26 Å². The normalized spacial score (nSPS) is 12.9. The molecule has 9 rings (SSSR count). The Morgan fingerprint density at radius 1 is 0.489 bits per heavy atom. The van der Waals surface area contributed by atoms with Gasteiger partial charge in [-0.1, -0.05) is 66.7 Å². The van der Waals surface area contributed by atoms with Crippen molar-refractivity contribution in [2.45, 2.75) is 0 Å². The van der Waals surface area contributed by atoms with Crippen molar-refractivity contribution >= 4 is 61.1 Å². The largest absolute Gasteiger partial charge is 0.309 e. The van der Waals surface area contributed by atoms with Gasteiger partial charge in [0.15, 0.2) is 0 Å². The summed E-state index contributed by atoms with van der Waals surface area (Å²) in [6, 6.07) is 45.5. The number of anilines is 1. The van der Waals surface area contributed by atoms with Crippen LogP contribution in [-0.2, 0) is 0 Å². The van der Waals surface area contributed by atoms with Crippen molar-refractivity contribution < 1.29 is 9.59 Å². The number of hydrogen-bond acceptors (Lipinski definition) is 3. The Morgan fingerprint density at radius 3 is 1.64 bits per heavy atom. The molecule has 0 spiro atoms. The molecule has 0 aliphatic carbocycles. The number of imide groups is 1. The van der Waals surface area contributed by atoms with Crippen molar-refractivity contribution in [3.05, 3.63) is 150 Å². The highest BCUT2D eigenvalue weighted by atomic mass is 16.2. The number of nitriles is 1. The summed E-state index contributed by atoms with van der Waals surface area (Å²) in [5.74, 6) is -0.743. The number of amides is 2. The molecule has 0 radical (unpaired) electrons. The lowest BCUT2D eigenvalue weighted by Crippen LogP contribution is -2.29. The number of fused-ring (bicyclic) bond motifs is 8. The average molecular weight is 579 g/mol. The van der Waals surface area contributed by atoms with E-state index in [9.17, 15) is 14.9 Å².